The minimum Gasteiger partial charge on any atom is -0.271 e. The second-order valence-corrected chi connectivity index (χ2v) is 7.44. The van der Waals surface area contributed by atoms with Gasteiger partial charge in [-0.2, -0.15) is 5.10 Å². The Hall–Kier alpha value is -0.210. The third kappa shape index (κ3) is 3.96. The Morgan fingerprint density at radius 1 is 1.24 bits per heavy atom. The van der Waals surface area contributed by atoms with Crippen LogP contribution in [0, 0.1) is 0 Å². The normalized spacial score (nSPS) is 12.7. The lowest BCUT2D eigenvalue weighted by Gasteiger charge is -2.17. The Bertz CT molecular complexity index is 619. The van der Waals surface area contributed by atoms with Crippen molar-refractivity contribution in [1.82, 2.24) is 15.2 Å². The number of benzene rings is 1. The number of aryl methyl sites for hydroxylation is 2. The highest BCUT2D eigenvalue weighted by Crippen LogP contribution is 2.29. The summed E-state index contributed by atoms with van der Waals surface area (Å²) in [5, 5.41) is 4.53. The maximum Gasteiger partial charge on any atom is 0.0766 e. The van der Waals surface area contributed by atoms with Crippen molar-refractivity contribution in [2.75, 3.05) is 0 Å². The lowest BCUT2D eigenvalue weighted by Crippen LogP contribution is -2.30. The molecule has 0 aliphatic rings. The quantitative estimate of drug-likeness (QED) is 0.502. The lowest BCUT2D eigenvalue weighted by atomic mass is 10.0. The number of hydrogen-bond donors (Lipinski definition) is 2. The first-order valence-corrected chi connectivity index (χ1v) is 8.96. The van der Waals surface area contributed by atoms with Crippen molar-refractivity contribution in [3.63, 3.8) is 0 Å². The summed E-state index contributed by atoms with van der Waals surface area (Å²) >= 11 is 10.7. The third-order valence-corrected chi connectivity index (χ3v) is 5.22. The molecule has 0 saturated carbocycles. The molecule has 21 heavy (non-hydrogen) atoms. The van der Waals surface area contributed by atoms with E-state index in [-0.39, 0.29) is 6.04 Å². The number of aromatic nitrogens is 2. The molecule has 1 heterocycles. The summed E-state index contributed by atoms with van der Waals surface area (Å²) in [6, 6.07) is 6.16. The van der Waals surface area contributed by atoms with E-state index in [9.17, 15) is 0 Å². The van der Waals surface area contributed by atoms with Crippen molar-refractivity contribution in [1.29, 1.82) is 0 Å². The van der Waals surface area contributed by atoms with Crippen LogP contribution in [-0.2, 0) is 19.9 Å². The van der Waals surface area contributed by atoms with Gasteiger partial charge in [0, 0.05) is 22.4 Å². The topological polar surface area (TPSA) is 55.9 Å². The number of nitrogens with zero attached hydrogens (tertiary/aromatic N) is 2. The van der Waals surface area contributed by atoms with E-state index in [0.717, 1.165) is 43.2 Å². The van der Waals surface area contributed by atoms with Crippen molar-refractivity contribution >= 4 is 47.8 Å². The Labute approximate surface area is 149 Å². The molecule has 2 rings (SSSR count). The number of hydrogen-bond acceptors (Lipinski definition) is 3. The summed E-state index contributed by atoms with van der Waals surface area (Å²) in [5.74, 6) is 5.77. The molecule has 1 aromatic carbocycles. The minimum atomic E-state index is 0.00945. The van der Waals surface area contributed by atoms with Gasteiger partial charge in [-0.3, -0.25) is 16.0 Å². The van der Waals surface area contributed by atoms with Crippen LogP contribution in [0.1, 0.15) is 29.9 Å². The molecule has 0 aliphatic carbocycles. The molecular formula is C14H17Br3N4. The first kappa shape index (κ1) is 17.1. The highest BCUT2D eigenvalue weighted by atomic mass is 79.9. The molecule has 3 N–H and O–H groups in total. The van der Waals surface area contributed by atoms with E-state index < -0.39 is 0 Å². The fraction of sp³-hybridized carbons (Fsp3) is 0.357. The highest BCUT2D eigenvalue weighted by molar-refractivity contribution is 9.11. The van der Waals surface area contributed by atoms with Gasteiger partial charge < -0.3 is 0 Å². The summed E-state index contributed by atoms with van der Waals surface area (Å²) in [6.45, 7) is 2.10. The van der Waals surface area contributed by atoms with Crippen molar-refractivity contribution < 1.29 is 0 Å². The van der Waals surface area contributed by atoms with Crippen molar-refractivity contribution in [3.05, 3.63) is 48.6 Å². The second-order valence-electron chi connectivity index (χ2n) is 4.81. The lowest BCUT2D eigenvalue weighted by molar-refractivity contribution is 0.528. The second kappa shape index (κ2) is 7.37. The van der Waals surface area contributed by atoms with Crippen molar-refractivity contribution in [2.24, 2.45) is 12.9 Å². The fourth-order valence-electron chi connectivity index (χ4n) is 2.28. The van der Waals surface area contributed by atoms with E-state index in [0.29, 0.717) is 0 Å². The summed E-state index contributed by atoms with van der Waals surface area (Å²) < 4.78 is 5.03. The van der Waals surface area contributed by atoms with Gasteiger partial charge in [0.05, 0.1) is 21.9 Å². The zero-order valence-corrected chi connectivity index (χ0v) is 16.6. The number of halogens is 3. The Kier molecular flexibility index (Phi) is 6.02. The molecular weight excluding hydrogens is 464 g/mol. The van der Waals surface area contributed by atoms with E-state index in [1.54, 1.807) is 0 Å². The number of rotatable bonds is 5. The molecule has 7 heteroatoms. The zero-order chi connectivity index (χ0) is 15.6. The van der Waals surface area contributed by atoms with E-state index in [4.69, 9.17) is 5.84 Å². The van der Waals surface area contributed by atoms with E-state index in [2.05, 4.69) is 77.4 Å². The molecule has 4 nitrogen and oxygen atoms in total. The van der Waals surface area contributed by atoms with Gasteiger partial charge in [0.1, 0.15) is 0 Å². The molecule has 1 aromatic heterocycles. The molecule has 0 fully saturated rings. The van der Waals surface area contributed by atoms with Gasteiger partial charge >= 0.3 is 0 Å². The number of hydrazine groups is 1. The molecule has 0 bridgehead atoms. The van der Waals surface area contributed by atoms with Gasteiger partial charge in [0.2, 0.25) is 0 Å². The van der Waals surface area contributed by atoms with Crippen LogP contribution in [0.5, 0.6) is 0 Å². The fourth-order valence-corrected chi connectivity index (χ4v) is 4.39. The summed E-state index contributed by atoms with van der Waals surface area (Å²) in [6.07, 6.45) is 1.65. The number of nitrogens with one attached hydrogen (secondary N) is 1. The summed E-state index contributed by atoms with van der Waals surface area (Å²) in [5.41, 5.74) is 6.21. The maximum absolute atomic E-state index is 5.77. The smallest absolute Gasteiger partial charge is 0.0766 e. The summed E-state index contributed by atoms with van der Waals surface area (Å²) in [4.78, 5) is 0. The van der Waals surface area contributed by atoms with Crippen LogP contribution in [0.2, 0.25) is 0 Å². The van der Waals surface area contributed by atoms with Gasteiger partial charge in [0.25, 0.3) is 0 Å². The van der Waals surface area contributed by atoms with Gasteiger partial charge in [-0.25, -0.2) is 0 Å². The molecule has 1 atom stereocenters. The Morgan fingerprint density at radius 3 is 2.33 bits per heavy atom. The van der Waals surface area contributed by atoms with E-state index in [1.807, 2.05) is 17.8 Å². The van der Waals surface area contributed by atoms with E-state index in [1.165, 1.54) is 0 Å². The van der Waals surface area contributed by atoms with Crippen LogP contribution >= 0.6 is 47.8 Å². The predicted molar refractivity (Wildman–Crippen MR) is 95.9 cm³/mol. The van der Waals surface area contributed by atoms with Crippen LogP contribution in [-0.4, -0.2) is 9.78 Å². The first-order chi connectivity index (χ1) is 9.96. The van der Waals surface area contributed by atoms with E-state index >= 15 is 0 Å². The first-order valence-electron chi connectivity index (χ1n) is 6.58. The van der Waals surface area contributed by atoms with Crippen LogP contribution in [0.15, 0.2) is 31.6 Å². The van der Waals surface area contributed by atoms with Crippen LogP contribution in [0.4, 0.5) is 0 Å². The highest BCUT2D eigenvalue weighted by Gasteiger charge is 2.19. The average molecular weight is 481 g/mol. The van der Waals surface area contributed by atoms with Crippen molar-refractivity contribution in [2.45, 2.75) is 25.8 Å². The van der Waals surface area contributed by atoms with Crippen LogP contribution in [0.25, 0.3) is 0 Å². The van der Waals surface area contributed by atoms with Crippen LogP contribution in [0.3, 0.4) is 0 Å². The maximum atomic E-state index is 5.77. The van der Waals surface area contributed by atoms with Gasteiger partial charge in [0.15, 0.2) is 0 Å². The largest absolute Gasteiger partial charge is 0.271 e. The SMILES string of the molecule is CCc1nn(C)c(CC(NN)c2cc(Br)cc(Br)c2)c1Br. The summed E-state index contributed by atoms with van der Waals surface area (Å²) in [7, 11) is 1.96. The molecule has 0 amide bonds. The third-order valence-electron chi connectivity index (χ3n) is 3.39. The molecule has 0 saturated heterocycles. The number of nitrogens with two attached hydrogens (primary N) is 1. The molecule has 0 aliphatic heterocycles. The Morgan fingerprint density at radius 2 is 1.86 bits per heavy atom. The molecule has 2 aromatic rings. The molecule has 0 spiro atoms. The van der Waals surface area contributed by atoms with Gasteiger partial charge in [-0.05, 0) is 46.1 Å². The molecule has 114 valence electrons. The van der Waals surface area contributed by atoms with Gasteiger partial charge in [-0.15, -0.1) is 0 Å². The standard InChI is InChI=1S/C14H17Br3N4/c1-3-11-14(17)13(21(2)20-11)7-12(19-18)8-4-9(15)6-10(16)5-8/h4-6,12,19H,3,7,18H2,1-2H3. The zero-order valence-electron chi connectivity index (χ0n) is 11.8. The molecule has 1 unspecified atom stereocenters. The predicted octanol–water partition coefficient (Wildman–Crippen LogP) is 4.02. The minimum absolute atomic E-state index is 0.00945. The average Bonchev–Trinajstić information content (AvgIpc) is 2.70. The van der Waals surface area contributed by atoms with Crippen LogP contribution < -0.4 is 11.3 Å². The van der Waals surface area contributed by atoms with Crippen molar-refractivity contribution in [3.8, 4) is 0 Å². The Balaban J connectivity index is 2.33. The monoisotopic (exact) mass is 478 g/mol. The molecule has 0 radical (unpaired) electrons. The van der Waals surface area contributed by atoms with Gasteiger partial charge in [-0.1, -0.05) is 38.8 Å².